The number of halogens is 1. The highest BCUT2D eigenvalue weighted by molar-refractivity contribution is 9.10. The Morgan fingerprint density at radius 1 is 1.10 bits per heavy atom. The number of carbonyl (C=O) groups is 1. The lowest BCUT2D eigenvalue weighted by Crippen LogP contribution is -2.13. The fraction of sp³-hybridized carbons (Fsp3) is 0.188. The number of aryl methyl sites for hydroxylation is 1. The Morgan fingerprint density at radius 3 is 2.43 bits per heavy atom. The lowest BCUT2D eigenvalue weighted by Gasteiger charge is -2.12. The number of anilines is 1. The molecule has 4 nitrogen and oxygen atoms in total. The van der Waals surface area contributed by atoms with Gasteiger partial charge < -0.3 is 14.8 Å². The van der Waals surface area contributed by atoms with Crippen LogP contribution in [0.4, 0.5) is 5.69 Å². The van der Waals surface area contributed by atoms with Gasteiger partial charge in [0.25, 0.3) is 5.91 Å². The summed E-state index contributed by atoms with van der Waals surface area (Å²) in [6, 6.07) is 10.8. The number of nitrogens with one attached hydrogen (secondary N) is 1. The first-order chi connectivity index (χ1) is 10.1. The Kier molecular flexibility index (Phi) is 4.85. The fourth-order valence-electron chi connectivity index (χ4n) is 1.95. The summed E-state index contributed by atoms with van der Waals surface area (Å²) in [5.41, 5.74) is 2.25. The quantitative estimate of drug-likeness (QED) is 0.906. The van der Waals surface area contributed by atoms with Crippen molar-refractivity contribution in [2.24, 2.45) is 0 Å². The highest BCUT2D eigenvalue weighted by Gasteiger charge is 2.13. The van der Waals surface area contributed by atoms with Gasteiger partial charge in [0.1, 0.15) is 0 Å². The summed E-state index contributed by atoms with van der Waals surface area (Å²) in [4.78, 5) is 12.4. The molecule has 0 unspecified atom stereocenters. The highest BCUT2D eigenvalue weighted by atomic mass is 79.9. The van der Waals surface area contributed by atoms with Crippen LogP contribution >= 0.6 is 15.9 Å². The number of rotatable bonds is 4. The van der Waals surface area contributed by atoms with Crippen molar-refractivity contribution in [2.45, 2.75) is 6.92 Å². The van der Waals surface area contributed by atoms with E-state index in [1.807, 2.05) is 25.1 Å². The average Bonchev–Trinajstić information content (AvgIpc) is 2.50. The minimum Gasteiger partial charge on any atom is -0.493 e. The van der Waals surface area contributed by atoms with Gasteiger partial charge in [-0.1, -0.05) is 12.1 Å². The number of hydrogen-bond acceptors (Lipinski definition) is 3. The molecule has 0 aliphatic heterocycles. The van der Waals surface area contributed by atoms with E-state index in [1.54, 1.807) is 25.3 Å². The van der Waals surface area contributed by atoms with Gasteiger partial charge in [-0.25, -0.2) is 0 Å². The lowest BCUT2D eigenvalue weighted by molar-refractivity contribution is 0.102. The summed E-state index contributed by atoms with van der Waals surface area (Å²) in [5, 5.41) is 2.90. The van der Waals surface area contributed by atoms with Crippen molar-refractivity contribution >= 4 is 27.5 Å². The smallest absolute Gasteiger partial charge is 0.255 e. The summed E-state index contributed by atoms with van der Waals surface area (Å²) in [6.07, 6.45) is 0. The summed E-state index contributed by atoms with van der Waals surface area (Å²) >= 11 is 3.44. The Balaban J connectivity index is 2.29. The molecule has 0 aromatic heterocycles. The van der Waals surface area contributed by atoms with Crippen LogP contribution in [-0.4, -0.2) is 20.1 Å². The van der Waals surface area contributed by atoms with Crippen LogP contribution in [0.25, 0.3) is 0 Å². The minimum atomic E-state index is -0.203. The normalized spacial score (nSPS) is 10.1. The van der Waals surface area contributed by atoms with Crippen molar-refractivity contribution in [1.29, 1.82) is 0 Å². The van der Waals surface area contributed by atoms with Gasteiger partial charge in [-0.05, 0) is 52.7 Å². The highest BCUT2D eigenvalue weighted by Crippen LogP contribution is 2.29. The van der Waals surface area contributed by atoms with E-state index in [-0.39, 0.29) is 5.91 Å². The van der Waals surface area contributed by atoms with E-state index in [0.29, 0.717) is 17.1 Å². The fourth-order valence-corrected chi connectivity index (χ4v) is 2.52. The number of ether oxygens (including phenoxy) is 2. The molecule has 0 aliphatic carbocycles. The van der Waals surface area contributed by atoms with E-state index in [4.69, 9.17) is 9.47 Å². The molecular formula is C16H16BrNO3. The van der Waals surface area contributed by atoms with Gasteiger partial charge in [-0.2, -0.15) is 0 Å². The summed E-state index contributed by atoms with van der Waals surface area (Å²) in [7, 11) is 3.10. The largest absolute Gasteiger partial charge is 0.493 e. The van der Waals surface area contributed by atoms with Crippen LogP contribution in [-0.2, 0) is 0 Å². The molecule has 0 atom stereocenters. The van der Waals surface area contributed by atoms with Crippen LogP contribution in [0, 0.1) is 6.92 Å². The van der Waals surface area contributed by atoms with E-state index in [2.05, 4.69) is 21.2 Å². The molecule has 21 heavy (non-hydrogen) atoms. The predicted molar refractivity (Wildman–Crippen MR) is 86.4 cm³/mol. The van der Waals surface area contributed by atoms with Gasteiger partial charge in [0.2, 0.25) is 0 Å². The molecule has 2 aromatic carbocycles. The monoisotopic (exact) mass is 349 g/mol. The average molecular weight is 350 g/mol. The van der Waals surface area contributed by atoms with Gasteiger partial charge in [0.15, 0.2) is 11.5 Å². The third-order valence-corrected chi connectivity index (χ3v) is 3.77. The molecule has 0 fully saturated rings. The van der Waals surface area contributed by atoms with Crippen molar-refractivity contribution in [2.75, 3.05) is 19.5 Å². The molecule has 1 amide bonds. The first kappa shape index (κ1) is 15.4. The zero-order valence-electron chi connectivity index (χ0n) is 12.1. The van der Waals surface area contributed by atoms with Gasteiger partial charge in [-0.3, -0.25) is 4.79 Å². The van der Waals surface area contributed by atoms with Gasteiger partial charge in [0, 0.05) is 10.0 Å². The van der Waals surface area contributed by atoms with E-state index in [1.165, 1.54) is 7.11 Å². The SMILES string of the molecule is COc1ccc(C(=O)Nc2c(C)cccc2Br)cc1OC. The Bertz CT molecular complexity index is 650. The lowest BCUT2D eigenvalue weighted by atomic mass is 10.1. The second kappa shape index (κ2) is 6.63. The van der Waals surface area contributed by atoms with Crippen molar-refractivity contribution in [3.63, 3.8) is 0 Å². The zero-order chi connectivity index (χ0) is 15.4. The molecule has 110 valence electrons. The third-order valence-electron chi connectivity index (χ3n) is 3.11. The molecule has 5 heteroatoms. The van der Waals surface area contributed by atoms with Crippen molar-refractivity contribution in [3.05, 3.63) is 52.0 Å². The zero-order valence-corrected chi connectivity index (χ0v) is 13.7. The molecule has 0 saturated carbocycles. The van der Waals surface area contributed by atoms with Crippen LogP contribution < -0.4 is 14.8 Å². The van der Waals surface area contributed by atoms with E-state index < -0.39 is 0 Å². The standard InChI is InChI=1S/C16H16BrNO3/c1-10-5-4-6-12(17)15(10)18-16(19)11-7-8-13(20-2)14(9-11)21-3/h4-9H,1-3H3,(H,18,19). The Morgan fingerprint density at radius 2 is 1.81 bits per heavy atom. The molecule has 0 aliphatic rings. The van der Waals surface area contributed by atoms with Gasteiger partial charge in [-0.15, -0.1) is 0 Å². The summed E-state index contributed by atoms with van der Waals surface area (Å²) in [6.45, 7) is 1.94. The first-order valence-electron chi connectivity index (χ1n) is 6.35. The molecule has 0 spiro atoms. The van der Waals surface area contributed by atoms with Crippen LogP contribution in [0.5, 0.6) is 11.5 Å². The van der Waals surface area contributed by atoms with Crippen LogP contribution in [0.2, 0.25) is 0 Å². The van der Waals surface area contributed by atoms with Crippen molar-refractivity contribution in [3.8, 4) is 11.5 Å². The molecule has 0 radical (unpaired) electrons. The maximum absolute atomic E-state index is 12.4. The molecule has 0 bridgehead atoms. The van der Waals surface area contributed by atoms with E-state index >= 15 is 0 Å². The maximum atomic E-state index is 12.4. The van der Waals surface area contributed by atoms with E-state index in [9.17, 15) is 4.79 Å². The van der Waals surface area contributed by atoms with Gasteiger partial charge in [0.05, 0.1) is 19.9 Å². The molecule has 0 saturated heterocycles. The molecule has 2 rings (SSSR count). The summed E-state index contributed by atoms with van der Waals surface area (Å²) < 4.78 is 11.2. The topological polar surface area (TPSA) is 47.6 Å². The number of benzene rings is 2. The summed E-state index contributed by atoms with van der Waals surface area (Å²) in [5.74, 6) is 0.908. The second-order valence-corrected chi connectivity index (χ2v) is 5.31. The number of carbonyl (C=O) groups excluding carboxylic acids is 1. The minimum absolute atomic E-state index is 0.203. The third kappa shape index (κ3) is 3.36. The van der Waals surface area contributed by atoms with Crippen LogP contribution in [0.3, 0.4) is 0 Å². The van der Waals surface area contributed by atoms with E-state index in [0.717, 1.165) is 15.7 Å². The maximum Gasteiger partial charge on any atom is 0.255 e. The number of hydrogen-bond donors (Lipinski definition) is 1. The molecule has 2 aromatic rings. The number of amides is 1. The Labute approximate surface area is 132 Å². The van der Waals surface area contributed by atoms with Crippen molar-refractivity contribution < 1.29 is 14.3 Å². The molecule has 0 heterocycles. The predicted octanol–water partition coefficient (Wildman–Crippen LogP) is 4.03. The number of methoxy groups -OCH3 is 2. The number of para-hydroxylation sites is 1. The van der Waals surface area contributed by atoms with Crippen LogP contribution in [0.1, 0.15) is 15.9 Å². The van der Waals surface area contributed by atoms with Gasteiger partial charge >= 0.3 is 0 Å². The molecule has 1 N–H and O–H groups in total. The Hall–Kier alpha value is -2.01. The van der Waals surface area contributed by atoms with Crippen LogP contribution in [0.15, 0.2) is 40.9 Å². The van der Waals surface area contributed by atoms with Crippen molar-refractivity contribution in [1.82, 2.24) is 0 Å². The molecular weight excluding hydrogens is 334 g/mol. The first-order valence-corrected chi connectivity index (χ1v) is 7.14. The second-order valence-electron chi connectivity index (χ2n) is 4.46.